The molecule has 120 valence electrons. The molecule has 23 heavy (non-hydrogen) atoms. The van der Waals surface area contributed by atoms with E-state index in [-0.39, 0.29) is 23.2 Å². The van der Waals surface area contributed by atoms with Crippen LogP contribution in [0.3, 0.4) is 0 Å². The molecule has 6 nitrogen and oxygen atoms in total. The van der Waals surface area contributed by atoms with E-state index in [9.17, 15) is 19.5 Å². The second-order valence-electron chi connectivity index (χ2n) is 5.82. The van der Waals surface area contributed by atoms with Gasteiger partial charge in [0.05, 0.1) is 5.56 Å². The number of carboxylic acids is 1. The molecule has 1 aromatic carbocycles. The van der Waals surface area contributed by atoms with Crippen molar-refractivity contribution in [1.29, 1.82) is 0 Å². The Morgan fingerprint density at radius 1 is 1.39 bits per heavy atom. The predicted octanol–water partition coefficient (Wildman–Crippen LogP) is 1.89. The van der Waals surface area contributed by atoms with Crippen molar-refractivity contribution in [3.05, 3.63) is 41.0 Å². The predicted molar refractivity (Wildman–Crippen MR) is 86.4 cm³/mol. The third kappa shape index (κ3) is 3.06. The number of amidine groups is 1. The molecule has 1 aliphatic rings. The minimum absolute atomic E-state index is 0.0186. The lowest BCUT2D eigenvalue weighted by atomic mass is 9.89. The van der Waals surface area contributed by atoms with Gasteiger partial charge in [-0.15, -0.1) is 0 Å². The van der Waals surface area contributed by atoms with Crippen molar-refractivity contribution in [3.8, 4) is 0 Å². The van der Waals surface area contributed by atoms with Gasteiger partial charge in [0.2, 0.25) is 0 Å². The SMILES string of the molecule is CC(C)C1(C)N=C(c2ccc(/C=C/C=O)cc2C(=O)O)NC1=O. The quantitative estimate of drug-likeness (QED) is 0.641. The monoisotopic (exact) mass is 314 g/mol. The average Bonchev–Trinajstić information content (AvgIpc) is 2.81. The number of nitrogens with zero attached hydrogens (tertiary/aromatic N) is 1. The molecule has 0 spiro atoms. The van der Waals surface area contributed by atoms with Crippen LogP contribution in [0.1, 0.15) is 42.3 Å². The number of aromatic carboxylic acids is 1. The molecule has 1 heterocycles. The third-order valence-corrected chi connectivity index (χ3v) is 4.06. The van der Waals surface area contributed by atoms with Gasteiger partial charge in [0.1, 0.15) is 17.7 Å². The summed E-state index contributed by atoms with van der Waals surface area (Å²) >= 11 is 0. The van der Waals surface area contributed by atoms with Crippen LogP contribution in [0.15, 0.2) is 29.3 Å². The smallest absolute Gasteiger partial charge is 0.336 e. The molecule has 1 unspecified atom stereocenters. The lowest BCUT2D eigenvalue weighted by molar-refractivity contribution is -0.124. The van der Waals surface area contributed by atoms with Crippen LogP contribution in [0.25, 0.3) is 6.08 Å². The van der Waals surface area contributed by atoms with E-state index in [1.54, 1.807) is 19.1 Å². The van der Waals surface area contributed by atoms with E-state index in [4.69, 9.17) is 0 Å². The van der Waals surface area contributed by atoms with E-state index < -0.39 is 11.5 Å². The van der Waals surface area contributed by atoms with Gasteiger partial charge in [0, 0.05) is 5.56 Å². The van der Waals surface area contributed by atoms with Crippen molar-refractivity contribution in [2.75, 3.05) is 0 Å². The molecule has 1 aliphatic heterocycles. The zero-order valence-electron chi connectivity index (χ0n) is 13.2. The van der Waals surface area contributed by atoms with Crippen molar-refractivity contribution in [1.82, 2.24) is 5.32 Å². The summed E-state index contributed by atoms with van der Waals surface area (Å²) in [4.78, 5) is 38.5. The van der Waals surface area contributed by atoms with E-state index in [2.05, 4.69) is 10.3 Å². The van der Waals surface area contributed by atoms with E-state index in [0.717, 1.165) is 0 Å². The Hall–Kier alpha value is -2.76. The molecule has 1 aromatic rings. The number of hydrogen-bond acceptors (Lipinski definition) is 4. The van der Waals surface area contributed by atoms with Gasteiger partial charge >= 0.3 is 5.97 Å². The van der Waals surface area contributed by atoms with Crippen molar-refractivity contribution >= 4 is 30.1 Å². The lowest BCUT2D eigenvalue weighted by Crippen LogP contribution is -2.41. The fourth-order valence-electron chi connectivity index (χ4n) is 2.26. The summed E-state index contributed by atoms with van der Waals surface area (Å²) in [5.74, 6) is -1.14. The van der Waals surface area contributed by atoms with E-state index in [0.29, 0.717) is 17.4 Å². The zero-order valence-corrected chi connectivity index (χ0v) is 13.2. The summed E-state index contributed by atoms with van der Waals surface area (Å²) in [5, 5.41) is 12.1. The minimum Gasteiger partial charge on any atom is -0.478 e. The zero-order chi connectivity index (χ0) is 17.2. The maximum absolute atomic E-state index is 12.2. The van der Waals surface area contributed by atoms with Crippen molar-refractivity contribution < 1.29 is 19.5 Å². The second-order valence-corrected chi connectivity index (χ2v) is 5.82. The Labute approximate surface area is 133 Å². The number of nitrogens with one attached hydrogen (secondary N) is 1. The maximum atomic E-state index is 12.2. The van der Waals surface area contributed by atoms with Gasteiger partial charge in [0.25, 0.3) is 5.91 Å². The summed E-state index contributed by atoms with van der Waals surface area (Å²) in [5.41, 5.74) is 0.0275. The van der Waals surface area contributed by atoms with E-state index in [1.807, 2.05) is 13.8 Å². The van der Waals surface area contributed by atoms with Crippen LogP contribution in [0.5, 0.6) is 0 Å². The topological polar surface area (TPSA) is 95.8 Å². The van der Waals surface area contributed by atoms with Crippen LogP contribution in [0.4, 0.5) is 0 Å². The Morgan fingerprint density at radius 2 is 2.09 bits per heavy atom. The summed E-state index contributed by atoms with van der Waals surface area (Å²) in [6, 6.07) is 4.69. The number of amides is 1. The summed E-state index contributed by atoms with van der Waals surface area (Å²) in [7, 11) is 0. The first-order valence-corrected chi connectivity index (χ1v) is 7.20. The third-order valence-electron chi connectivity index (χ3n) is 4.06. The number of hydrogen-bond donors (Lipinski definition) is 2. The first-order valence-electron chi connectivity index (χ1n) is 7.20. The number of rotatable bonds is 5. The van der Waals surface area contributed by atoms with Gasteiger partial charge in [-0.2, -0.15) is 0 Å². The molecule has 1 atom stereocenters. The Kier molecular flexibility index (Phi) is 4.45. The van der Waals surface area contributed by atoms with Gasteiger partial charge in [0.15, 0.2) is 0 Å². The molecule has 2 N–H and O–H groups in total. The lowest BCUT2D eigenvalue weighted by Gasteiger charge is -2.21. The Balaban J connectivity index is 2.52. The normalized spacial score (nSPS) is 20.7. The molecule has 0 aliphatic carbocycles. The molecule has 2 rings (SSSR count). The molecular weight excluding hydrogens is 296 g/mol. The second kappa shape index (κ2) is 6.16. The first-order chi connectivity index (χ1) is 10.8. The fraction of sp³-hybridized carbons (Fsp3) is 0.294. The van der Waals surface area contributed by atoms with Crippen LogP contribution in [-0.4, -0.2) is 34.6 Å². The highest BCUT2D eigenvalue weighted by atomic mass is 16.4. The van der Waals surface area contributed by atoms with E-state index >= 15 is 0 Å². The average molecular weight is 314 g/mol. The Bertz CT molecular complexity index is 734. The van der Waals surface area contributed by atoms with Crippen molar-refractivity contribution in [2.24, 2.45) is 10.9 Å². The standard InChI is InChI=1S/C17H18N2O4/c1-10(2)17(3)16(23)18-14(19-17)12-7-6-11(5-4-8-20)9-13(12)15(21)22/h4-10H,1-3H3,(H,21,22)(H,18,19,23)/b5-4+. The molecule has 0 saturated carbocycles. The summed E-state index contributed by atoms with van der Waals surface area (Å²) < 4.78 is 0. The molecule has 0 radical (unpaired) electrons. The van der Waals surface area contributed by atoms with Gasteiger partial charge < -0.3 is 10.4 Å². The number of aldehydes is 1. The molecule has 0 saturated heterocycles. The molecule has 0 aromatic heterocycles. The highest BCUT2D eigenvalue weighted by Crippen LogP contribution is 2.28. The van der Waals surface area contributed by atoms with Gasteiger partial charge in [-0.05, 0) is 36.6 Å². The van der Waals surface area contributed by atoms with Gasteiger partial charge in [-0.25, -0.2) is 4.79 Å². The number of benzene rings is 1. The van der Waals surface area contributed by atoms with Gasteiger partial charge in [-0.1, -0.05) is 26.0 Å². The maximum Gasteiger partial charge on any atom is 0.336 e. The number of aliphatic imine (C=N–C) groups is 1. The van der Waals surface area contributed by atoms with Crippen molar-refractivity contribution in [3.63, 3.8) is 0 Å². The Morgan fingerprint density at radius 3 is 2.61 bits per heavy atom. The number of allylic oxidation sites excluding steroid dienone is 1. The minimum atomic E-state index is -1.13. The summed E-state index contributed by atoms with van der Waals surface area (Å²) in [6.45, 7) is 5.50. The highest BCUT2D eigenvalue weighted by molar-refractivity contribution is 6.18. The highest BCUT2D eigenvalue weighted by Gasteiger charge is 2.42. The van der Waals surface area contributed by atoms with Crippen LogP contribution >= 0.6 is 0 Å². The molecule has 6 heteroatoms. The van der Waals surface area contributed by atoms with E-state index in [1.165, 1.54) is 18.2 Å². The number of carboxylic acid groups (broad SMARTS) is 1. The van der Waals surface area contributed by atoms with Crippen LogP contribution in [0, 0.1) is 5.92 Å². The van der Waals surface area contributed by atoms with Crippen LogP contribution in [-0.2, 0) is 9.59 Å². The molecule has 1 amide bonds. The van der Waals surface area contributed by atoms with Crippen LogP contribution in [0.2, 0.25) is 0 Å². The molecule has 0 fully saturated rings. The van der Waals surface area contributed by atoms with Crippen LogP contribution < -0.4 is 5.32 Å². The number of carbonyl (C=O) groups excluding carboxylic acids is 2. The summed E-state index contributed by atoms with van der Waals surface area (Å²) in [6.07, 6.45) is 3.41. The molecule has 0 bridgehead atoms. The van der Waals surface area contributed by atoms with Crippen molar-refractivity contribution in [2.45, 2.75) is 26.3 Å². The fourth-order valence-corrected chi connectivity index (χ4v) is 2.26. The first kappa shape index (κ1) is 16.6. The largest absolute Gasteiger partial charge is 0.478 e. The number of carbonyl (C=O) groups is 3. The van der Waals surface area contributed by atoms with Gasteiger partial charge in [-0.3, -0.25) is 14.6 Å². The molecular formula is C17H18N2O4.